The van der Waals surface area contributed by atoms with Gasteiger partial charge in [-0.15, -0.1) is 0 Å². The molecule has 0 spiro atoms. The minimum Gasteiger partial charge on any atom is -0.320 e. The SMILES string of the molecule is NCC#Cc1cccc(S(=O)(=O)NCc2ccccn2)c1. The van der Waals surface area contributed by atoms with Gasteiger partial charge in [0.25, 0.3) is 0 Å². The van der Waals surface area contributed by atoms with E-state index in [2.05, 4.69) is 21.5 Å². The summed E-state index contributed by atoms with van der Waals surface area (Å²) in [5, 5.41) is 0. The van der Waals surface area contributed by atoms with Crippen LogP contribution in [0.25, 0.3) is 0 Å². The maximum atomic E-state index is 12.2. The lowest BCUT2D eigenvalue weighted by molar-refractivity contribution is 0.580. The van der Waals surface area contributed by atoms with Gasteiger partial charge in [0.2, 0.25) is 10.0 Å². The van der Waals surface area contributed by atoms with Crippen molar-refractivity contribution in [2.75, 3.05) is 6.54 Å². The van der Waals surface area contributed by atoms with Crippen LogP contribution < -0.4 is 10.5 Å². The molecule has 0 aliphatic heterocycles. The third kappa shape index (κ3) is 4.39. The van der Waals surface area contributed by atoms with Crippen molar-refractivity contribution in [3.05, 3.63) is 59.9 Å². The van der Waals surface area contributed by atoms with E-state index in [0.29, 0.717) is 11.3 Å². The molecule has 0 aliphatic rings. The number of sulfonamides is 1. The number of nitrogens with one attached hydrogen (secondary N) is 1. The van der Waals surface area contributed by atoms with Gasteiger partial charge in [-0.2, -0.15) is 0 Å². The van der Waals surface area contributed by atoms with Crippen molar-refractivity contribution in [1.82, 2.24) is 9.71 Å². The lowest BCUT2D eigenvalue weighted by atomic mass is 10.2. The molecule has 0 bridgehead atoms. The number of hydrogen-bond donors (Lipinski definition) is 2. The average Bonchev–Trinajstić information content (AvgIpc) is 2.52. The molecule has 3 N–H and O–H groups in total. The average molecular weight is 301 g/mol. The summed E-state index contributed by atoms with van der Waals surface area (Å²) in [5.41, 5.74) is 6.57. The molecule has 21 heavy (non-hydrogen) atoms. The molecule has 1 heterocycles. The van der Waals surface area contributed by atoms with Gasteiger partial charge in [0, 0.05) is 11.8 Å². The topological polar surface area (TPSA) is 85.1 Å². The van der Waals surface area contributed by atoms with E-state index in [1.165, 1.54) is 12.1 Å². The molecule has 108 valence electrons. The Hall–Kier alpha value is -2.20. The summed E-state index contributed by atoms with van der Waals surface area (Å²) in [4.78, 5) is 4.24. The second-order valence-corrected chi connectivity index (χ2v) is 5.95. The van der Waals surface area contributed by atoms with E-state index in [0.717, 1.165) is 0 Å². The second kappa shape index (κ2) is 6.99. The van der Waals surface area contributed by atoms with Crippen molar-refractivity contribution in [2.24, 2.45) is 5.73 Å². The number of aromatic nitrogens is 1. The molecule has 2 rings (SSSR count). The zero-order chi connectivity index (χ0) is 15.1. The number of rotatable bonds is 4. The van der Waals surface area contributed by atoms with Crippen LogP contribution >= 0.6 is 0 Å². The van der Waals surface area contributed by atoms with E-state index in [9.17, 15) is 8.42 Å². The van der Waals surface area contributed by atoms with Crippen LogP contribution in [0.5, 0.6) is 0 Å². The van der Waals surface area contributed by atoms with Crippen molar-refractivity contribution in [1.29, 1.82) is 0 Å². The standard InChI is InChI=1S/C15H15N3O2S/c16-9-4-6-13-5-3-8-15(11-13)21(19,20)18-12-14-7-1-2-10-17-14/h1-3,5,7-8,10-11,18H,9,12,16H2. The molecule has 0 saturated carbocycles. The van der Waals surface area contributed by atoms with Crippen LogP contribution in [-0.4, -0.2) is 19.9 Å². The number of benzene rings is 1. The highest BCUT2D eigenvalue weighted by atomic mass is 32.2. The van der Waals surface area contributed by atoms with Gasteiger partial charge < -0.3 is 5.73 Å². The van der Waals surface area contributed by atoms with Crippen LogP contribution in [-0.2, 0) is 16.6 Å². The van der Waals surface area contributed by atoms with Crippen LogP contribution in [0.1, 0.15) is 11.3 Å². The lowest BCUT2D eigenvalue weighted by Crippen LogP contribution is -2.23. The molecule has 0 atom stereocenters. The van der Waals surface area contributed by atoms with Crippen LogP contribution in [0.4, 0.5) is 0 Å². The summed E-state index contributed by atoms with van der Waals surface area (Å²) in [5.74, 6) is 5.50. The Kier molecular flexibility index (Phi) is 5.06. The van der Waals surface area contributed by atoms with Gasteiger partial charge in [-0.25, -0.2) is 13.1 Å². The second-order valence-electron chi connectivity index (χ2n) is 4.18. The number of nitrogens with zero attached hydrogens (tertiary/aromatic N) is 1. The molecule has 2 aromatic rings. The van der Waals surface area contributed by atoms with Gasteiger partial charge in [0.15, 0.2) is 0 Å². The number of pyridine rings is 1. The van der Waals surface area contributed by atoms with Crippen LogP contribution in [0.3, 0.4) is 0 Å². The molecule has 0 amide bonds. The summed E-state index contributed by atoms with van der Waals surface area (Å²) < 4.78 is 27.0. The number of hydrogen-bond acceptors (Lipinski definition) is 4. The van der Waals surface area contributed by atoms with Gasteiger partial charge in [-0.1, -0.05) is 24.0 Å². The summed E-state index contributed by atoms with van der Waals surface area (Å²) in [6.07, 6.45) is 1.62. The minimum atomic E-state index is -3.60. The van der Waals surface area contributed by atoms with Gasteiger partial charge in [0.1, 0.15) is 0 Å². The highest BCUT2D eigenvalue weighted by molar-refractivity contribution is 7.89. The predicted molar refractivity (Wildman–Crippen MR) is 80.6 cm³/mol. The molecule has 0 aliphatic carbocycles. The fraction of sp³-hybridized carbons (Fsp3) is 0.133. The summed E-state index contributed by atoms with van der Waals surface area (Å²) in [6, 6.07) is 11.8. The summed E-state index contributed by atoms with van der Waals surface area (Å²) in [7, 11) is -3.60. The Morgan fingerprint density at radius 1 is 1.19 bits per heavy atom. The fourth-order valence-electron chi connectivity index (χ4n) is 1.65. The maximum absolute atomic E-state index is 12.2. The Bertz CT molecular complexity index is 762. The van der Waals surface area contributed by atoms with Crippen molar-refractivity contribution < 1.29 is 8.42 Å². The Labute approximate surface area is 124 Å². The lowest BCUT2D eigenvalue weighted by Gasteiger charge is -2.06. The highest BCUT2D eigenvalue weighted by Crippen LogP contribution is 2.11. The monoisotopic (exact) mass is 301 g/mol. The van der Waals surface area contributed by atoms with E-state index >= 15 is 0 Å². The zero-order valence-electron chi connectivity index (χ0n) is 11.3. The van der Waals surface area contributed by atoms with E-state index in [1.807, 2.05) is 0 Å². The summed E-state index contributed by atoms with van der Waals surface area (Å²) in [6.45, 7) is 0.372. The van der Waals surface area contributed by atoms with Crippen LogP contribution in [0.15, 0.2) is 53.6 Å². The first-order valence-corrected chi connectivity index (χ1v) is 7.79. The molecule has 0 saturated heterocycles. The van der Waals surface area contributed by atoms with Gasteiger partial charge in [-0.3, -0.25) is 4.98 Å². The van der Waals surface area contributed by atoms with Gasteiger partial charge in [-0.05, 0) is 30.3 Å². The van der Waals surface area contributed by atoms with Crippen molar-refractivity contribution in [3.63, 3.8) is 0 Å². The molecule has 0 radical (unpaired) electrons. The van der Waals surface area contributed by atoms with E-state index < -0.39 is 10.0 Å². The fourth-order valence-corrected chi connectivity index (χ4v) is 2.69. The Morgan fingerprint density at radius 2 is 2.05 bits per heavy atom. The largest absolute Gasteiger partial charge is 0.320 e. The molecule has 0 unspecified atom stereocenters. The Morgan fingerprint density at radius 3 is 2.76 bits per heavy atom. The molecule has 6 heteroatoms. The Balaban J connectivity index is 2.16. The molecular weight excluding hydrogens is 286 g/mol. The molecule has 5 nitrogen and oxygen atoms in total. The predicted octanol–water partition coefficient (Wildman–Crippen LogP) is 0.870. The van der Waals surface area contributed by atoms with E-state index in [4.69, 9.17) is 5.73 Å². The molecule has 1 aromatic carbocycles. The van der Waals surface area contributed by atoms with Crippen LogP contribution in [0.2, 0.25) is 0 Å². The molecule has 1 aromatic heterocycles. The molecular formula is C15H15N3O2S. The molecule has 0 fully saturated rings. The van der Waals surface area contributed by atoms with Crippen LogP contribution in [0, 0.1) is 11.8 Å². The van der Waals surface area contributed by atoms with Crippen molar-refractivity contribution in [3.8, 4) is 11.8 Å². The third-order valence-corrected chi connectivity index (χ3v) is 4.05. The highest BCUT2D eigenvalue weighted by Gasteiger charge is 2.13. The number of nitrogens with two attached hydrogens (primary N) is 1. The minimum absolute atomic E-state index is 0.141. The maximum Gasteiger partial charge on any atom is 0.240 e. The zero-order valence-corrected chi connectivity index (χ0v) is 12.1. The first-order valence-electron chi connectivity index (χ1n) is 6.30. The normalized spacial score (nSPS) is 10.7. The first kappa shape index (κ1) is 15.2. The summed E-state index contributed by atoms with van der Waals surface area (Å²) >= 11 is 0. The van der Waals surface area contributed by atoms with E-state index in [-0.39, 0.29) is 18.0 Å². The quantitative estimate of drug-likeness (QED) is 0.821. The van der Waals surface area contributed by atoms with Gasteiger partial charge >= 0.3 is 0 Å². The third-order valence-electron chi connectivity index (χ3n) is 2.65. The smallest absolute Gasteiger partial charge is 0.240 e. The first-order chi connectivity index (χ1) is 10.1. The van der Waals surface area contributed by atoms with Gasteiger partial charge in [0.05, 0.1) is 23.7 Å². The van der Waals surface area contributed by atoms with Crippen molar-refractivity contribution >= 4 is 10.0 Å². The van der Waals surface area contributed by atoms with Crippen molar-refractivity contribution in [2.45, 2.75) is 11.4 Å². The van der Waals surface area contributed by atoms with E-state index in [1.54, 1.807) is 36.5 Å².